The zero-order valence-corrected chi connectivity index (χ0v) is 11.8. The van der Waals surface area contributed by atoms with Crippen molar-refractivity contribution in [2.75, 3.05) is 16.0 Å². The first-order valence-electron chi connectivity index (χ1n) is 6.14. The highest BCUT2D eigenvalue weighted by Crippen LogP contribution is 2.15. The second-order valence-electron chi connectivity index (χ2n) is 4.21. The molecule has 3 N–H and O–H groups in total. The minimum atomic E-state index is -0.105. The summed E-state index contributed by atoms with van der Waals surface area (Å²) in [6, 6.07) is 17.0. The SMILES string of the molecule is CC(=O)Nc1cccc(NC(=S)Nc2ccccc2)c1. The fourth-order valence-corrected chi connectivity index (χ4v) is 1.93. The van der Waals surface area contributed by atoms with Crippen LogP contribution in [0, 0.1) is 0 Å². The minimum Gasteiger partial charge on any atom is -0.332 e. The highest BCUT2D eigenvalue weighted by Gasteiger charge is 2.00. The highest BCUT2D eigenvalue weighted by atomic mass is 32.1. The molecule has 0 atom stereocenters. The number of hydrogen-bond donors (Lipinski definition) is 3. The quantitative estimate of drug-likeness (QED) is 0.756. The molecule has 0 radical (unpaired) electrons. The molecular weight excluding hydrogens is 270 g/mol. The number of thiocarbonyl (C=S) groups is 1. The Bertz CT molecular complexity index is 614. The van der Waals surface area contributed by atoms with Crippen LogP contribution in [0.15, 0.2) is 54.6 Å². The summed E-state index contributed by atoms with van der Waals surface area (Å²) in [6.45, 7) is 1.47. The molecule has 0 fully saturated rings. The zero-order chi connectivity index (χ0) is 14.4. The lowest BCUT2D eigenvalue weighted by Gasteiger charge is -2.11. The largest absolute Gasteiger partial charge is 0.332 e. The molecule has 0 saturated heterocycles. The molecule has 2 aromatic rings. The van der Waals surface area contributed by atoms with Gasteiger partial charge in [-0.3, -0.25) is 4.79 Å². The molecule has 4 nitrogen and oxygen atoms in total. The van der Waals surface area contributed by atoms with Gasteiger partial charge in [-0.2, -0.15) is 0 Å². The Kier molecular flexibility index (Phi) is 4.68. The highest BCUT2D eigenvalue weighted by molar-refractivity contribution is 7.80. The maximum absolute atomic E-state index is 11.0. The third-order valence-corrected chi connectivity index (χ3v) is 2.68. The Balaban J connectivity index is 1.99. The summed E-state index contributed by atoms with van der Waals surface area (Å²) in [4.78, 5) is 11.0. The lowest BCUT2D eigenvalue weighted by molar-refractivity contribution is -0.114. The van der Waals surface area contributed by atoms with Crippen LogP contribution in [0.25, 0.3) is 0 Å². The lowest BCUT2D eigenvalue weighted by Crippen LogP contribution is -2.19. The van der Waals surface area contributed by atoms with E-state index in [-0.39, 0.29) is 5.91 Å². The fourth-order valence-electron chi connectivity index (χ4n) is 1.69. The van der Waals surface area contributed by atoms with Crippen LogP contribution in [0.1, 0.15) is 6.92 Å². The first kappa shape index (κ1) is 14.0. The van der Waals surface area contributed by atoms with Crippen molar-refractivity contribution in [3.63, 3.8) is 0 Å². The minimum absolute atomic E-state index is 0.105. The van der Waals surface area contributed by atoms with Crippen LogP contribution >= 0.6 is 12.2 Å². The number of benzene rings is 2. The smallest absolute Gasteiger partial charge is 0.221 e. The topological polar surface area (TPSA) is 53.2 Å². The van der Waals surface area contributed by atoms with Gasteiger partial charge >= 0.3 is 0 Å². The molecule has 1 amide bonds. The van der Waals surface area contributed by atoms with E-state index in [0.29, 0.717) is 5.11 Å². The standard InChI is InChI=1S/C15H15N3OS/c1-11(19)16-13-8-5-9-14(10-13)18-15(20)17-12-6-3-2-4-7-12/h2-10H,1H3,(H,16,19)(H2,17,18,20). The molecule has 5 heteroatoms. The lowest BCUT2D eigenvalue weighted by atomic mass is 10.2. The van der Waals surface area contributed by atoms with Crippen molar-refractivity contribution in [3.05, 3.63) is 54.6 Å². The molecule has 20 heavy (non-hydrogen) atoms. The summed E-state index contributed by atoms with van der Waals surface area (Å²) in [5.41, 5.74) is 2.46. The molecule has 0 aliphatic rings. The van der Waals surface area contributed by atoms with E-state index in [4.69, 9.17) is 12.2 Å². The van der Waals surface area contributed by atoms with Crippen LogP contribution in [-0.2, 0) is 4.79 Å². The Labute approximate surface area is 123 Å². The normalized spacial score (nSPS) is 9.65. The summed E-state index contributed by atoms with van der Waals surface area (Å²) < 4.78 is 0. The molecule has 0 aliphatic carbocycles. The average molecular weight is 285 g/mol. The summed E-state index contributed by atoms with van der Waals surface area (Å²) in [5, 5.41) is 9.38. The third-order valence-electron chi connectivity index (χ3n) is 2.47. The second kappa shape index (κ2) is 6.68. The van der Waals surface area contributed by atoms with Crippen molar-refractivity contribution in [2.45, 2.75) is 6.92 Å². The van der Waals surface area contributed by atoms with E-state index < -0.39 is 0 Å². The number of para-hydroxylation sites is 1. The van der Waals surface area contributed by atoms with Crippen LogP contribution in [0.3, 0.4) is 0 Å². The van der Waals surface area contributed by atoms with Gasteiger partial charge in [0.25, 0.3) is 0 Å². The maximum atomic E-state index is 11.0. The van der Waals surface area contributed by atoms with Gasteiger partial charge in [0.15, 0.2) is 5.11 Å². The van der Waals surface area contributed by atoms with Crippen molar-refractivity contribution in [1.29, 1.82) is 0 Å². The number of anilines is 3. The van der Waals surface area contributed by atoms with Crippen molar-refractivity contribution in [2.24, 2.45) is 0 Å². The average Bonchev–Trinajstić information content (AvgIpc) is 2.39. The van der Waals surface area contributed by atoms with Crippen LogP contribution in [0.4, 0.5) is 17.1 Å². The Morgan fingerprint density at radius 2 is 1.40 bits per heavy atom. The van der Waals surface area contributed by atoms with Crippen LogP contribution in [-0.4, -0.2) is 11.0 Å². The van der Waals surface area contributed by atoms with Crippen molar-refractivity contribution >= 4 is 40.3 Å². The summed E-state index contributed by atoms with van der Waals surface area (Å²) in [7, 11) is 0. The molecule has 0 unspecified atom stereocenters. The molecule has 0 saturated carbocycles. The van der Waals surface area contributed by atoms with Gasteiger partial charge in [-0.15, -0.1) is 0 Å². The van der Waals surface area contributed by atoms with Gasteiger partial charge in [0.2, 0.25) is 5.91 Å². The van der Waals surface area contributed by atoms with Gasteiger partial charge in [0.1, 0.15) is 0 Å². The zero-order valence-electron chi connectivity index (χ0n) is 11.0. The number of carbonyl (C=O) groups is 1. The first-order chi connectivity index (χ1) is 9.63. The first-order valence-corrected chi connectivity index (χ1v) is 6.55. The van der Waals surface area contributed by atoms with Crippen LogP contribution in [0.2, 0.25) is 0 Å². The van der Waals surface area contributed by atoms with Crippen molar-refractivity contribution in [3.8, 4) is 0 Å². The molecule has 0 spiro atoms. The summed E-state index contributed by atoms with van der Waals surface area (Å²) in [6.07, 6.45) is 0. The van der Waals surface area contributed by atoms with Gasteiger partial charge in [0.05, 0.1) is 0 Å². The second-order valence-corrected chi connectivity index (χ2v) is 4.62. The van der Waals surface area contributed by atoms with E-state index >= 15 is 0 Å². The molecule has 0 aromatic heterocycles. The van der Waals surface area contributed by atoms with E-state index in [2.05, 4.69) is 16.0 Å². The van der Waals surface area contributed by atoms with Gasteiger partial charge in [-0.05, 0) is 42.5 Å². The molecule has 2 aromatic carbocycles. The number of amides is 1. The number of hydrogen-bond acceptors (Lipinski definition) is 2. The van der Waals surface area contributed by atoms with Crippen LogP contribution < -0.4 is 16.0 Å². The van der Waals surface area contributed by atoms with E-state index in [1.807, 2.05) is 54.6 Å². The molecule has 0 aliphatic heterocycles. The molecule has 0 heterocycles. The fraction of sp³-hybridized carbons (Fsp3) is 0.0667. The van der Waals surface area contributed by atoms with Crippen molar-refractivity contribution < 1.29 is 4.79 Å². The van der Waals surface area contributed by atoms with Gasteiger partial charge in [-0.25, -0.2) is 0 Å². The Morgan fingerprint density at radius 3 is 2.05 bits per heavy atom. The van der Waals surface area contributed by atoms with E-state index in [9.17, 15) is 4.79 Å². The van der Waals surface area contributed by atoms with E-state index in [0.717, 1.165) is 17.1 Å². The van der Waals surface area contributed by atoms with Crippen molar-refractivity contribution in [1.82, 2.24) is 0 Å². The predicted octanol–water partition coefficient (Wildman–Crippen LogP) is 3.45. The Hall–Kier alpha value is -2.40. The monoisotopic (exact) mass is 285 g/mol. The van der Waals surface area contributed by atoms with E-state index in [1.54, 1.807) is 0 Å². The molecule has 0 bridgehead atoms. The summed E-state index contributed by atoms with van der Waals surface area (Å²) in [5.74, 6) is -0.105. The van der Waals surface area contributed by atoms with E-state index in [1.165, 1.54) is 6.92 Å². The molecular formula is C15H15N3OS. The third kappa shape index (κ3) is 4.37. The number of nitrogens with one attached hydrogen (secondary N) is 3. The summed E-state index contributed by atoms with van der Waals surface area (Å²) >= 11 is 5.24. The molecule has 102 valence electrons. The van der Waals surface area contributed by atoms with Crippen LogP contribution in [0.5, 0.6) is 0 Å². The number of carbonyl (C=O) groups excluding carboxylic acids is 1. The number of rotatable bonds is 3. The predicted molar refractivity (Wildman–Crippen MR) is 87.0 cm³/mol. The maximum Gasteiger partial charge on any atom is 0.221 e. The Morgan fingerprint density at radius 1 is 0.850 bits per heavy atom. The van der Waals surface area contributed by atoms with Gasteiger partial charge in [0, 0.05) is 24.0 Å². The van der Waals surface area contributed by atoms with Gasteiger partial charge < -0.3 is 16.0 Å². The molecule has 2 rings (SSSR count). The van der Waals surface area contributed by atoms with Gasteiger partial charge in [-0.1, -0.05) is 24.3 Å².